The summed E-state index contributed by atoms with van der Waals surface area (Å²) >= 11 is 0. The Hall–Kier alpha value is -2.66. The molecular weight excluding hydrogens is 792 g/mol. The first-order valence-corrected chi connectivity index (χ1v) is 22.1. The molecule has 1 N–H and O–H groups in total. The van der Waals surface area contributed by atoms with Crippen LogP contribution in [0.3, 0.4) is 0 Å². The van der Waals surface area contributed by atoms with Crippen molar-refractivity contribution in [2.24, 2.45) is 50.2 Å². The first kappa shape index (κ1) is 46.3. The highest BCUT2D eigenvalue weighted by atomic mass is 16.8. The third-order valence-electron chi connectivity index (χ3n) is 17.7. The van der Waals surface area contributed by atoms with Gasteiger partial charge in [-0.1, -0.05) is 60.1 Å². The van der Waals surface area contributed by atoms with Gasteiger partial charge in [0, 0.05) is 7.11 Å². The van der Waals surface area contributed by atoms with Crippen LogP contribution in [0.4, 0.5) is 0 Å². The second kappa shape index (κ2) is 16.1. The summed E-state index contributed by atoms with van der Waals surface area (Å²) in [5, 5.41) is 12.0. The number of rotatable bonds is 9. The molecule has 7 rings (SSSR count). The minimum absolute atomic E-state index is 0.00776. The van der Waals surface area contributed by atoms with Gasteiger partial charge in [-0.2, -0.15) is 0 Å². The van der Waals surface area contributed by atoms with E-state index < -0.39 is 84.2 Å². The number of allylic oxidation sites excluding steroid dienone is 2. The first-order chi connectivity index (χ1) is 28.6. The predicted molar refractivity (Wildman–Crippen MR) is 216 cm³/mol. The van der Waals surface area contributed by atoms with Crippen LogP contribution in [0.2, 0.25) is 0 Å². The van der Waals surface area contributed by atoms with Gasteiger partial charge >= 0.3 is 29.7 Å². The number of hydrogen-bond acceptors (Lipinski definition) is 15. The van der Waals surface area contributed by atoms with Crippen molar-refractivity contribution in [3.8, 4) is 0 Å². The molecule has 15 nitrogen and oxygen atoms in total. The molecular formula is C46H70O15. The van der Waals surface area contributed by atoms with Crippen LogP contribution < -0.4 is 0 Å². The molecule has 61 heavy (non-hydrogen) atoms. The quantitative estimate of drug-likeness (QED) is 0.134. The molecule has 0 aromatic heterocycles. The molecule has 4 saturated carbocycles. The lowest BCUT2D eigenvalue weighted by molar-refractivity contribution is -0.439. The van der Waals surface area contributed by atoms with Crippen LogP contribution in [0.25, 0.3) is 0 Å². The zero-order valence-electron chi connectivity index (χ0n) is 38.3. The van der Waals surface area contributed by atoms with Gasteiger partial charge in [-0.3, -0.25) is 4.79 Å². The second-order valence-corrected chi connectivity index (χ2v) is 21.1. The van der Waals surface area contributed by atoms with Crippen molar-refractivity contribution < 1.29 is 71.7 Å². The maximum Gasteiger partial charge on any atom is 0.372 e. The van der Waals surface area contributed by atoms with E-state index in [2.05, 4.69) is 54.5 Å². The highest BCUT2D eigenvalue weighted by Gasteiger charge is 2.70. The summed E-state index contributed by atoms with van der Waals surface area (Å²) in [7, 11) is 6.14. The number of esters is 4. The third kappa shape index (κ3) is 6.92. The molecule has 0 aromatic rings. The number of aliphatic hydroxyl groups is 1. The third-order valence-corrected chi connectivity index (χ3v) is 17.7. The molecule has 2 saturated heterocycles. The van der Waals surface area contributed by atoms with Crippen molar-refractivity contribution in [1.82, 2.24) is 0 Å². The maximum absolute atomic E-state index is 13.7. The lowest BCUT2D eigenvalue weighted by Crippen LogP contribution is -2.73. The van der Waals surface area contributed by atoms with Crippen molar-refractivity contribution >= 4 is 23.9 Å². The van der Waals surface area contributed by atoms with Crippen LogP contribution in [0, 0.1) is 50.2 Å². The summed E-state index contributed by atoms with van der Waals surface area (Å²) in [6.45, 7) is 16.0. The van der Waals surface area contributed by atoms with Gasteiger partial charge in [-0.05, 0) is 109 Å². The standard InChI is InChI=1S/C46H70O15/c1-40(2)19-21-45(37(50)54-10)22-20-43(6)25(26(45)23-40)13-14-28-42(5)17-16-29(41(3,4)27(42)15-18-44(28,43)7)58-36-31(48)32-33(34(59-36)35(49)53-9)61-46(56-12,38(51)55-11)39(60-32)57-24-30(47)52-8/h13,26-29,31-34,36,39,48H,14-24H2,1-12H3/t26-,27?,28+,29-,31+,32+,33-,34-,36+,39-,42-,43+,44+,45-,46-/m0/s1. The highest BCUT2D eigenvalue weighted by Crippen LogP contribution is 2.76. The van der Waals surface area contributed by atoms with Gasteiger partial charge in [0.1, 0.15) is 24.9 Å². The summed E-state index contributed by atoms with van der Waals surface area (Å²) < 4.78 is 56.8. The Morgan fingerprint density at radius 3 is 2.10 bits per heavy atom. The topological polar surface area (TPSA) is 181 Å². The van der Waals surface area contributed by atoms with Gasteiger partial charge in [-0.25, -0.2) is 14.4 Å². The van der Waals surface area contributed by atoms with E-state index in [1.807, 2.05) is 0 Å². The first-order valence-electron chi connectivity index (χ1n) is 22.1. The predicted octanol–water partition coefficient (Wildman–Crippen LogP) is 5.42. The summed E-state index contributed by atoms with van der Waals surface area (Å²) in [5.74, 6) is -4.36. The number of carbonyl (C=O) groups excluding carboxylic acids is 4. The maximum atomic E-state index is 13.7. The summed E-state index contributed by atoms with van der Waals surface area (Å²) in [5.41, 5.74) is 0.669. The SMILES string of the molecule is COC(=O)CO[C@H]1O[C@@H]2[C@@H](O)[C@H](O[C@H]3CC[C@@]4(C)C(CC[C@]5(C)[C@@H]4CC=C4[C@@H]6CC(C)(C)CC[C@]6(C(=O)OC)CC[C@]45C)C3(C)C)O[C@H](C(=O)OC)[C@H]2O[C@@]1(OC)C(=O)OC. The molecule has 2 heterocycles. The van der Waals surface area contributed by atoms with E-state index in [0.717, 1.165) is 72.0 Å². The molecule has 1 unspecified atom stereocenters. The zero-order valence-corrected chi connectivity index (χ0v) is 38.3. The molecule has 0 aromatic carbocycles. The highest BCUT2D eigenvalue weighted by molar-refractivity contribution is 5.80. The fourth-order valence-electron chi connectivity index (χ4n) is 14.1. The fraction of sp³-hybridized carbons (Fsp3) is 0.870. The van der Waals surface area contributed by atoms with E-state index in [4.69, 9.17) is 47.4 Å². The summed E-state index contributed by atoms with van der Waals surface area (Å²) in [6, 6.07) is 0. The van der Waals surface area contributed by atoms with Gasteiger partial charge < -0.3 is 52.5 Å². The Labute approximate surface area is 360 Å². The van der Waals surface area contributed by atoms with Crippen LogP contribution in [0.15, 0.2) is 11.6 Å². The average molecular weight is 863 g/mol. The van der Waals surface area contributed by atoms with E-state index in [0.29, 0.717) is 12.3 Å². The van der Waals surface area contributed by atoms with Crippen molar-refractivity contribution in [1.29, 1.82) is 0 Å². The van der Waals surface area contributed by atoms with Crippen LogP contribution >= 0.6 is 0 Å². The van der Waals surface area contributed by atoms with Gasteiger partial charge in [0.05, 0.1) is 40.0 Å². The molecule has 7 aliphatic rings. The normalized spacial score (nSPS) is 45.8. The van der Waals surface area contributed by atoms with E-state index >= 15 is 0 Å². The minimum Gasteiger partial charge on any atom is -0.469 e. The van der Waals surface area contributed by atoms with Gasteiger partial charge in [-0.15, -0.1) is 0 Å². The van der Waals surface area contributed by atoms with E-state index in [-0.39, 0.29) is 39.5 Å². The second-order valence-electron chi connectivity index (χ2n) is 21.1. The van der Waals surface area contributed by atoms with Crippen LogP contribution in [-0.2, 0) is 66.5 Å². The van der Waals surface area contributed by atoms with Crippen molar-refractivity contribution in [2.45, 2.75) is 162 Å². The molecule has 0 amide bonds. The summed E-state index contributed by atoms with van der Waals surface area (Å²) in [6.07, 6.45) is 2.34. The fourth-order valence-corrected chi connectivity index (χ4v) is 14.1. The average Bonchev–Trinajstić information content (AvgIpc) is 3.23. The molecule has 0 radical (unpaired) electrons. The molecule has 15 heteroatoms. The number of fused-ring (bicyclic) bond motifs is 8. The van der Waals surface area contributed by atoms with E-state index in [1.54, 1.807) is 7.11 Å². The Morgan fingerprint density at radius 1 is 0.770 bits per heavy atom. The van der Waals surface area contributed by atoms with Gasteiger partial charge in [0.15, 0.2) is 12.4 Å². The zero-order chi connectivity index (χ0) is 44.7. The Bertz CT molecular complexity index is 1760. The number of carbonyl (C=O) groups is 4. The molecule has 5 aliphatic carbocycles. The van der Waals surface area contributed by atoms with Crippen molar-refractivity contribution in [3.05, 3.63) is 11.6 Å². The summed E-state index contributed by atoms with van der Waals surface area (Å²) in [4.78, 5) is 52.4. The Morgan fingerprint density at radius 2 is 1.46 bits per heavy atom. The monoisotopic (exact) mass is 862 g/mol. The van der Waals surface area contributed by atoms with Crippen molar-refractivity contribution in [2.75, 3.05) is 42.2 Å². The number of aliphatic hydroxyl groups excluding tert-OH is 1. The van der Waals surface area contributed by atoms with E-state index in [1.165, 1.54) is 19.8 Å². The lowest BCUT2D eigenvalue weighted by Gasteiger charge is -2.71. The number of ether oxygens (including phenoxy) is 10. The van der Waals surface area contributed by atoms with Crippen LogP contribution in [0.1, 0.15) is 113 Å². The number of hydrogen-bond donors (Lipinski definition) is 1. The van der Waals surface area contributed by atoms with Gasteiger partial charge in [0.25, 0.3) is 0 Å². The number of methoxy groups -OCH3 is 5. The smallest absolute Gasteiger partial charge is 0.372 e. The molecule has 0 bridgehead atoms. The van der Waals surface area contributed by atoms with Crippen molar-refractivity contribution in [3.63, 3.8) is 0 Å². The van der Waals surface area contributed by atoms with E-state index in [9.17, 15) is 24.3 Å². The molecule has 2 aliphatic heterocycles. The van der Waals surface area contributed by atoms with Crippen LogP contribution in [0.5, 0.6) is 0 Å². The van der Waals surface area contributed by atoms with Gasteiger partial charge in [0.2, 0.25) is 6.29 Å². The Balaban J connectivity index is 1.15. The molecule has 6 fully saturated rings. The minimum atomic E-state index is -2.42. The lowest BCUT2D eigenvalue weighted by atomic mass is 9.33. The molecule has 0 spiro atoms. The molecule has 15 atom stereocenters. The van der Waals surface area contributed by atoms with Crippen LogP contribution in [-0.4, -0.2) is 120 Å². The molecule has 344 valence electrons. The largest absolute Gasteiger partial charge is 0.469 e. The Kier molecular flexibility index (Phi) is 12.2.